The predicted molar refractivity (Wildman–Crippen MR) is 168 cm³/mol. The minimum absolute atomic E-state index is 0.0799. The number of nitrogens with zero attached hydrogens (tertiary/aromatic N) is 3. The molecule has 1 heterocycles. The average molecular weight is 610 g/mol. The van der Waals surface area contributed by atoms with E-state index >= 15 is 0 Å². The smallest absolute Gasteiger partial charge is 0.407 e. The molecule has 1 aliphatic carbocycles. The Morgan fingerprint density at radius 2 is 1.58 bits per heavy atom. The van der Waals surface area contributed by atoms with Gasteiger partial charge >= 0.3 is 11.8 Å². The number of carbonyl (C=O) groups excluding carboxylic acids is 2. The molecule has 0 atom stereocenters. The van der Waals surface area contributed by atoms with Crippen molar-refractivity contribution in [3.05, 3.63) is 99.7 Å². The molecule has 232 valence electrons. The molecular formula is C34H35N5O6. The fourth-order valence-electron chi connectivity index (χ4n) is 5.56. The fourth-order valence-corrected chi connectivity index (χ4v) is 5.56. The summed E-state index contributed by atoms with van der Waals surface area (Å²) in [6, 6.07) is 23.0. The number of benzene rings is 3. The topological polar surface area (TPSA) is 149 Å². The number of aromatic nitrogens is 1. The molecule has 2 amide bonds. The largest absolute Gasteiger partial charge is 0.457 e. The summed E-state index contributed by atoms with van der Waals surface area (Å²) in [5, 5.41) is 28.1. The molecule has 0 radical (unpaired) electrons. The number of para-hydroxylation sites is 1. The van der Waals surface area contributed by atoms with Crippen molar-refractivity contribution in [3.63, 3.8) is 0 Å². The number of rotatable bonds is 8. The second-order valence-corrected chi connectivity index (χ2v) is 12.1. The van der Waals surface area contributed by atoms with Crippen molar-refractivity contribution in [3.8, 4) is 17.6 Å². The van der Waals surface area contributed by atoms with Crippen LogP contribution in [0.5, 0.6) is 11.5 Å². The van der Waals surface area contributed by atoms with Gasteiger partial charge in [-0.3, -0.25) is 14.9 Å². The van der Waals surface area contributed by atoms with Gasteiger partial charge in [-0.25, -0.2) is 4.79 Å². The van der Waals surface area contributed by atoms with Crippen molar-refractivity contribution in [2.24, 2.45) is 0 Å². The monoisotopic (exact) mass is 609 g/mol. The third-order valence-corrected chi connectivity index (χ3v) is 7.59. The molecule has 0 spiro atoms. The Hall–Kier alpha value is -5.37. The molecule has 1 aliphatic rings. The maximum atomic E-state index is 13.8. The Balaban J connectivity index is 1.38. The zero-order valence-electron chi connectivity index (χ0n) is 25.4. The molecule has 2 N–H and O–H groups in total. The predicted octanol–water partition coefficient (Wildman–Crippen LogP) is 6.83. The number of ether oxygens (including phenoxy) is 2. The molecule has 0 bridgehead atoms. The van der Waals surface area contributed by atoms with Crippen molar-refractivity contribution < 1.29 is 24.0 Å². The highest BCUT2D eigenvalue weighted by molar-refractivity contribution is 6.06. The van der Waals surface area contributed by atoms with Crippen LogP contribution < -0.4 is 15.4 Å². The number of nitriles is 1. The number of fused-ring (bicyclic) bond motifs is 1. The van der Waals surface area contributed by atoms with Gasteiger partial charge in [0, 0.05) is 18.6 Å². The van der Waals surface area contributed by atoms with Gasteiger partial charge in [0.15, 0.2) is 5.69 Å². The summed E-state index contributed by atoms with van der Waals surface area (Å²) in [6.07, 6.45) is 1.94. The molecule has 4 aromatic rings. The first-order valence-electron chi connectivity index (χ1n) is 14.8. The molecule has 3 aromatic carbocycles. The van der Waals surface area contributed by atoms with E-state index in [0.29, 0.717) is 48.3 Å². The van der Waals surface area contributed by atoms with Crippen LogP contribution in [0.3, 0.4) is 0 Å². The lowest BCUT2D eigenvalue weighted by Gasteiger charge is -2.30. The first-order valence-corrected chi connectivity index (χ1v) is 14.8. The van der Waals surface area contributed by atoms with Gasteiger partial charge < -0.3 is 24.7 Å². The molecule has 0 unspecified atom stereocenters. The van der Waals surface area contributed by atoms with E-state index in [0.717, 1.165) is 5.56 Å². The number of nitro groups is 1. The van der Waals surface area contributed by atoms with Crippen molar-refractivity contribution in [2.45, 2.75) is 70.7 Å². The SMILES string of the molecule is CC(C)(C)OC(=O)N[C@H]1CC[C@H](NC(=O)c2c([N+](=O)[O-])c3ccc(C#N)cc3n2Cc2ccc(Oc3ccccc3)cc2)CC1. The van der Waals surface area contributed by atoms with Gasteiger partial charge in [-0.05, 0) is 94.5 Å². The van der Waals surface area contributed by atoms with Crippen molar-refractivity contribution >= 4 is 28.6 Å². The van der Waals surface area contributed by atoms with Gasteiger partial charge in [-0.15, -0.1) is 0 Å². The average Bonchev–Trinajstić information content (AvgIpc) is 3.32. The van der Waals surface area contributed by atoms with Crippen molar-refractivity contribution in [1.29, 1.82) is 5.26 Å². The van der Waals surface area contributed by atoms with Crippen LogP contribution in [-0.2, 0) is 11.3 Å². The van der Waals surface area contributed by atoms with E-state index in [9.17, 15) is 25.0 Å². The Kier molecular flexibility index (Phi) is 9.04. The van der Waals surface area contributed by atoms with Gasteiger partial charge in [0.2, 0.25) is 0 Å². The second kappa shape index (κ2) is 13.1. The molecule has 0 saturated heterocycles. The molecule has 11 nitrogen and oxygen atoms in total. The fraction of sp³-hybridized carbons (Fsp3) is 0.324. The lowest BCUT2D eigenvalue weighted by molar-refractivity contribution is -0.383. The van der Waals surface area contributed by atoms with Crippen LogP contribution in [0.1, 0.15) is 68.1 Å². The van der Waals surface area contributed by atoms with Gasteiger partial charge in [-0.2, -0.15) is 5.26 Å². The van der Waals surface area contributed by atoms with E-state index in [2.05, 4.69) is 16.7 Å². The third-order valence-electron chi connectivity index (χ3n) is 7.59. The summed E-state index contributed by atoms with van der Waals surface area (Å²) in [6.45, 7) is 5.55. The lowest BCUT2D eigenvalue weighted by atomic mass is 9.91. The number of hydrogen-bond donors (Lipinski definition) is 2. The van der Waals surface area contributed by atoms with E-state index in [4.69, 9.17) is 9.47 Å². The third kappa shape index (κ3) is 7.59. The molecule has 45 heavy (non-hydrogen) atoms. The minimum atomic E-state index is -0.603. The van der Waals surface area contributed by atoms with Gasteiger partial charge in [0.25, 0.3) is 5.91 Å². The van der Waals surface area contributed by atoms with E-state index in [-0.39, 0.29) is 35.4 Å². The summed E-state index contributed by atoms with van der Waals surface area (Å²) >= 11 is 0. The number of nitrogens with one attached hydrogen (secondary N) is 2. The van der Waals surface area contributed by atoms with E-state index in [1.54, 1.807) is 43.5 Å². The number of amides is 2. The van der Waals surface area contributed by atoms with Crippen LogP contribution in [-0.4, -0.2) is 39.2 Å². The Bertz CT molecular complexity index is 1740. The van der Waals surface area contributed by atoms with E-state index in [1.165, 1.54) is 12.1 Å². The summed E-state index contributed by atoms with van der Waals surface area (Å²) in [5.74, 6) is 0.744. The molecule has 11 heteroatoms. The highest BCUT2D eigenvalue weighted by Gasteiger charge is 2.33. The normalized spacial score (nSPS) is 16.4. The lowest BCUT2D eigenvalue weighted by Crippen LogP contribution is -2.45. The van der Waals surface area contributed by atoms with Crippen molar-refractivity contribution in [1.82, 2.24) is 15.2 Å². The highest BCUT2D eigenvalue weighted by atomic mass is 16.6. The minimum Gasteiger partial charge on any atom is -0.457 e. The quantitative estimate of drug-likeness (QED) is 0.164. The van der Waals surface area contributed by atoms with Crippen LogP contribution in [0.4, 0.5) is 10.5 Å². The Morgan fingerprint density at radius 1 is 0.956 bits per heavy atom. The highest BCUT2D eigenvalue weighted by Crippen LogP contribution is 2.35. The van der Waals surface area contributed by atoms with E-state index in [1.807, 2.05) is 42.5 Å². The maximum absolute atomic E-state index is 13.8. The number of alkyl carbamates (subject to hydrolysis) is 1. The van der Waals surface area contributed by atoms with Crippen LogP contribution in [0.2, 0.25) is 0 Å². The van der Waals surface area contributed by atoms with E-state index < -0.39 is 22.5 Å². The van der Waals surface area contributed by atoms with Crippen LogP contribution in [0.15, 0.2) is 72.8 Å². The van der Waals surface area contributed by atoms with Crippen LogP contribution in [0, 0.1) is 21.4 Å². The second-order valence-electron chi connectivity index (χ2n) is 12.1. The number of carbonyl (C=O) groups is 2. The van der Waals surface area contributed by atoms with Crippen LogP contribution >= 0.6 is 0 Å². The molecule has 5 rings (SSSR count). The maximum Gasteiger partial charge on any atom is 0.407 e. The van der Waals surface area contributed by atoms with Crippen LogP contribution in [0.25, 0.3) is 10.9 Å². The summed E-state index contributed by atoms with van der Waals surface area (Å²) in [4.78, 5) is 37.9. The standard InChI is InChI=1S/C34H35N5O6/c1-34(2,3)45-33(41)37-25-14-12-24(13-15-25)36-32(40)31-30(39(42)43)28-18-11-23(20-35)19-29(28)38(31)21-22-9-16-27(17-10-22)44-26-7-5-4-6-8-26/h4-11,16-19,24-25H,12-15,21H2,1-3H3,(H,36,40)(H,37,41)/t24-,25-. The molecule has 1 aromatic heterocycles. The van der Waals surface area contributed by atoms with Gasteiger partial charge in [0.05, 0.1) is 27.5 Å². The van der Waals surface area contributed by atoms with Gasteiger partial charge in [-0.1, -0.05) is 30.3 Å². The zero-order chi connectivity index (χ0) is 32.1. The number of hydrogen-bond acceptors (Lipinski definition) is 7. The Morgan fingerprint density at radius 3 is 2.18 bits per heavy atom. The first kappa shape index (κ1) is 31.1. The molecule has 1 fully saturated rings. The summed E-state index contributed by atoms with van der Waals surface area (Å²) < 4.78 is 12.8. The summed E-state index contributed by atoms with van der Waals surface area (Å²) in [7, 11) is 0. The first-order chi connectivity index (χ1) is 21.5. The molecule has 0 aliphatic heterocycles. The zero-order valence-corrected chi connectivity index (χ0v) is 25.4. The molecule has 1 saturated carbocycles. The van der Waals surface area contributed by atoms with Gasteiger partial charge in [0.1, 0.15) is 17.1 Å². The van der Waals surface area contributed by atoms with Crippen molar-refractivity contribution in [2.75, 3.05) is 0 Å². The Labute approximate surface area is 260 Å². The molecular weight excluding hydrogens is 574 g/mol. The summed E-state index contributed by atoms with van der Waals surface area (Å²) in [5.41, 5.74) is 0.535.